The Morgan fingerprint density at radius 2 is 1.62 bits per heavy atom. The highest BCUT2D eigenvalue weighted by atomic mass is 32.1. The molecule has 0 N–H and O–H groups in total. The van der Waals surface area contributed by atoms with Crippen LogP contribution in [0.15, 0.2) is 42.5 Å². The second-order valence-electron chi connectivity index (χ2n) is 9.01. The van der Waals surface area contributed by atoms with E-state index in [9.17, 15) is 0 Å². The minimum atomic E-state index is 0.778. The summed E-state index contributed by atoms with van der Waals surface area (Å²) in [4.78, 5) is 0. The van der Waals surface area contributed by atoms with Crippen molar-refractivity contribution in [2.75, 3.05) is 5.75 Å². The Morgan fingerprint density at radius 3 is 2.28 bits per heavy atom. The molecule has 0 aliphatic heterocycles. The molecule has 0 atom stereocenters. The smallest absolute Gasteiger partial charge is 0.00947 e. The number of aryl methyl sites for hydroxylation is 2. The van der Waals surface area contributed by atoms with Crippen molar-refractivity contribution in [3.8, 4) is 11.1 Å². The third kappa shape index (κ3) is 6.38. The van der Waals surface area contributed by atoms with Gasteiger partial charge in [0.15, 0.2) is 0 Å². The predicted octanol–water partition coefficient (Wildman–Crippen LogP) is 8.63. The summed E-state index contributed by atoms with van der Waals surface area (Å²) in [5, 5.41) is 0. The first kappa shape index (κ1) is 22.5. The van der Waals surface area contributed by atoms with Crippen molar-refractivity contribution in [1.29, 1.82) is 0 Å². The van der Waals surface area contributed by atoms with E-state index in [4.69, 9.17) is 0 Å². The largest absolute Gasteiger partial charge is 0.179 e. The number of rotatable bonds is 10. The Labute approximate surface area is 184 Å². The molecule has 0 amide bonds. The van der Waals surface area contributed by atoms with Crippen LogP contribution < -0.4 is 0 Å². The highest BCUT2D eigenvalue weighted by molar-refractivity contribution is 7.80. The number of hydrogen-bond donors (Lipinski definition) is 1. The Balaban J connectivity index is 1.62. The van der Waals surface area contributed by atoms with E-state index in [1.807, 2.05) is 0 Å². The van der Waals surface area contributed by atoms with E-state index in [-0.39, 0.29) is 0 Å². The molecule has 1 aliphatic rings. The fraction of sp³-hybridized carbons (Fsp3) is 0.571. The Bertz CT molecular complexity index is 722. The van der Waals surface area contributed by atoms with Gasteiger partial charge in [-0.2, -0.15) is 12.6 Å². The molecule has 2 aromatic carbocycles. The third-order valence-corrected chi connectivity index (χ3v) is 7.25. The standard InChI is InChI=1S/C28H40S/c1-3-5-6-8-22-10-13-25(14-11-22)26-15-17-27(18-16-26)28-19-12-23(9-7-20-29)21-24(28)4-2/h12,15-19,21-22,25,29H,3-11,13-14,20H2,1-2H3. The van der Waals surface area contributed by atoms with E-state index >= 15 is 0 Å². The summed E-state index contributed by atoms with van der Waals surface area (Å²) in [6.45, 7) is 4.58. The first-order valence-corrected chi connectivity index (χ1v) is 12.7. The second kappa shape index (κ2) is 11.8. The van der Waals surface area contributed by atoms with Crippen LogP contribution in [0.4, 0.5) is 0 Å². The summed E-state index contributed by atoms with van der Waals surface area (Å²) in [7, 11) is 0. The Kier molecular flexibility index (Phi) is 9.18. The summed E-state index contributed by atoms with van der Waals surface area (Å²) >= 11 is 4.35. The van der Waals surface area contributed by atoms with Crippen LogP contribution in [0.5, 0.6) is 0 Å². The summed E-state index contributed by atoms with van der Waals surface area (Å²) in [6, 6.07) is 16.6. The molecule has 29 heavy (non-hydrogen) atoms. The van der Waals surface area contributed by atoms with Crippen molar-refractivity contribution in [1.82, 2.24) is 0 Å². The van der Waals surface area contributed by atoms with Crippen LogP contribution in [0.3, 0.4) is 0 Å². The highest BCUT2D eigenvalue weighted by Crippen LogP contribution is 2.38. The van der Waals surface area contributed by atoms with Crippen LogP contribution in [0, 0.1) is 5.92 Å². The van der Waals surface area contributed by atoms with Crippen LogP contribution in [-0.2, 0) is 12.8 Å². The van der Waals surface area contributed by atoms with Gasteiger partial charge in [-0.05, 0) is 90.4 Å². The normalized spacial score (nSPS) is 19.4. The van der Waals surface area contributed by atoms with Crippen molar-refractivity contribution >= 4 is 12.6 Å². The lowest BCUT2D eigenvalue weighted by atomic mass is 9.77. The van der Waals surface area contributed by atoms with Gasteiger partial charge in [0.1, 0.15) is 0 Å². The first-order chi connectivity index (χ1) is 14.2. The third-order valence-electron chi connectivity index (χ3n) is 6.93. The zero-order valence-electron chi connectivity index (χ0n) is 18.6. The van der Waals surface area contributed by atoms with Crippen LogP contribution in [-0.4, -0.2) is 5.75 Å². The SMILES string of the molecule is CCCCCC1CCC(c2ccc(-c3ccc(CCCS)cc3CC)cc2)CC1. The molecular formula is C28H40S. The molecule has 3 rings (SSSR count). The molecule has 0 heterocycles. The molecule has 158 valence electrons. The van der Waals surface area contributed by atoms with Crippen LogP contribution in [0.1, 0.15) is 94.2 Å². The van der Waals surface area contributed by atoms with E-state index in [1.165, 1.54) is 73.6 Å². The second-order valence-corrected chi connectivity index (χ2v) is 9.45. The fourth-order valence-corrected chi connectivity index (χ4v) is 5.22. The first-order valence-electron chi connectivity index (χ1n) is 12.1. The van der Waals surface area contributed by atoms with Gasteiger partial charge in [0.25, 0.3) is 0 Å². The van der Waals surface area contributed by atoms with E-state index in [2.05, 4.69) is 68.9 Å². The van der Waals surface area contributed by atoms with Crippen LogP contribution in [0.2, 0.25) is 0 Å². The van der Waals surface area contributed by atoms with Gasteiger partial charge in [0, 0.05) is 0 Å². The summed E-state index contributed by atoms with van der Waals surface area (Å²) < 4.78 is 0. The number of benzene rings is 2. The van der Waals surface area contributed by atoms with Gasteiger partial charge in [-0.1, -0.05) is 82.0 Å². The van der Waals surface area contributed by atoms with Crippen molar-refractivity contribution in [3.63, 3.8) is 0 Å². The van der Waals surface area contributed by atoms with Gasteiger partial charge < -0.3 is 0 Å². The average Bonchev–Trinajstić information content (AvgIpc) is 2.78. The lowest BCUT2D eigenvalue weighted by Crippen LogP contribution is -2.13. The summed E-state index contributed by atoms with van der Waals surface area (Å²) in [6.07, 6.45) is 14.7. The maximum absolute atomic E-state index is 4.35. The summed E-state index contributed by atoms with van der Waals surface area (Å²) in [5.41, 5.74) is 7.27. The molecule has 1 fully saturated rings. The lowest BCUT2D eigenvalue weighted by Gasteiger charge is -2.29. The minimum Gasteiger partial charge on any atom is -0.179 e. The number of thiol groups is 1. The monoisotopic (exact) mass is 408 g/mol. The highest BCUT2D eigenvalue weighted by Gasteiger charge is 2.22. The molecule has 2 aromatic rings. The molecule has 0 saturated heterocycles. The molecule has 1 saturated carbocycles. The van der Waals surface area contributed by atoms with Crippen LogP contribution >= 0.6 is 12.6 Å². The molecule has 0 bridgehead atoms. The zero-order valence-corrected chi connectivity index (χ0v) is 19.5. The van der Waals surface area contributed by atoms with Gasteiger partial charge in [0.05, 0.1) is 0 Å². The van der Waals surface area contributed by atoms with Crippen molar-refractivity contribution in [2.24, 2.45) is 5.92 Å². The lowest BCUT2D eigenvalue weighted by molar-refractivity contribution is 0.303. The van der Waals surface area contributed by atoms with E-state index < -0.39 is 0 Å². The fourth-order valence-electron chi connectivity index (χ4n) is 5.06. The molecule has 0 radical (unpaired) electrons. The Hall–Kier alpha value is -1.21. The molecule has 0 nitrogen and oxygen atoms in total. The molecule has 1 heteroatoms. The Morgan fingerprint density at radius 1 is 0.862 bits per heavy atom. The minimum absolute atomic E-state index is 0.778. The van der Waals surface area contributed by atoms with Crippen molar-refractivity contribution < 1.29 is 0 Å². The topological polar surface area (TPSA) is 0 Å². The van der Waals surface area contributed by atoms with Crippen LogP contribution in [0.25, 0.3) is 11.1 Å². The molecule has 1 aliphatic carbocycles. The quantitative estimate of drug-likeness (QED) is 0.295. The van der Waals surface area contributed by atoms with Gasteiger partial charge in [0.2, 0.25) is 0 Å². The van der Waals surface area contributed by atoms with E-state index in [0.29, 0.717) is 0 Å². The van der Waals surface area contributed by atoms with Crippen molar-refractivity contribution in [3.05, 3.63) is 59.2 Å². The molecule has 0 spiro atoms. The van der Waals surface area contributed by atoms with Gasteiger partial charge in [-0.3, -0.25) is 0 Å². The number of unbranched alkanes of at least 4 members (excludes halogenated alkanes) is 2. The number of hydrogen-bond acceptors (Lipinski definition) is 1. The van der Waals surface area contributed by atoms with Gasteiger partial charge in [-0.15, -0.1) is 0 Å². The van der Waals surface area contributed by atoms with E-state index in [1.54, 1.807) is 5.56 Å². The van der Waals surface area contributed by atoms with E-state index in [0.717, 1.165) is 36.9 Å². The summed E-state index contributed by atoms with van der Waals surface area (Å²) in [5.74, 6) is 2.73. The van der Waals surface area contributed by atoms with Crippen molar-refractivity contribution in [2.45, 2.75) is 90.4 Å². The zero-order chi connectivity index (χ0) is 20.5. The maximum atomic E-state index is 4.35. The molecule has 0 aromatic heterocycles. The molecule has 0 unspecified atom stereocenters. The average molecular weight is 409 g/mol. The molecular weight excluding hydrogens is 368 g/mol. The predicted molar refractivity (Wildman–Crippen MR) is 132 cm³/mol. The maximum Gasteiger partial charge on any atom is -0.00947 e. The van der Waals surface area contributed by atoms with Gasteiger partial charge >= 0.3 is 0 Å². The van der Waals surface area contributed by atoms with Gasteiger partial charge in [-0.25, -0.2) is 0 Å².